The van der Waals surface area contributed by atoms with E-state index in [-0.39, 0.29) is 36.7 Å². The summed E-state index contributed by atoms with van der Waals surface area (Å²) in [4.78, 5) is 50.6. The lowest BCUT2D eigenvalue weighted by Crippen LogP contribution is -2.58. The van der Waals surface area contributed by atoms with Crippen LogP contribution in [0.3, 0.4) is 0 Å². The van der Waals surface area contributed by atoms with Crippen LogP contribution >= 0.6 is 12.6 Å². The number of amides is 3. The number of aromatic hydroxyl groups is 1. The van der Waals surface area contributed by atoms with Crippen molar-refractivity contribution in [3.05, 3.63) is 65.7 Å². The zero-order valence-electron chi connectivity index (χ0n) is 21.5. The summed E-state index contributed by atoms with van der Waals surface area (Å²) in [5, 5.41) is 26.5. The molecular formula is C27H36N4O6S. The van der Waals surface area contributed by atoms with E-state index >= 15 is 0 Å². The predicted molar refractivity (Wildman–Crippen MR) is 147 cm³/mol. The maximum Gasteiger partial charge on any atom is 0.327 e. The van der Waals surface area contributed by atoms with Crippen LogP contribution in [0.25, 0.3) is 0 Å². The van der Waals surface area contributed by atoms with Gasteiger partial charge in [-0.05, 0) is 42.0 Å². The Morgan fingerprint density at radius 2 is 1.32 bits per heavy atom. The third-order valence-electron chi connectivity index (χ3n) is 5.78. The second kappa shape index (κ2) is 15.0. The van der Waals surface area contributed by atoms with Crippen LogP contribution in [0.4, 0.5) is 0 Å². The summed E-state index contributed by atoms with van der Waals surface area (Å²) in [7, 11) is 0. The van der Waals surface area contributed by atoms with Crippen LogP contribution in [0.15, 0.2) is 54.6 Å². The molecule has 10 nitrogen and oxygen atoms in total. The van der Waals surface area contributed by atoms with Crippen molar-refractivity contribution in [2.24, 2.45) is 11.7 Å². The Morgan fingerprint density at radius 3 is 1.87 bits per heavy atom. The van der Waals surface area contributed by atoms with Crippen molar-refractivity contribution in [1.29, 1.82) is 0 Å². The van der Waals surface area contributed by atoms with Crippen LogP contribution in [0, 0.1) is 5.92 Å². The number of carboxylic acids is 1. The highest BCUT2D eigenvalue weighted by atomic mass is 32.1. The molecule has 2 aromatic rings. The summed E-state index contributed by atoms with van der Waals surface area (Å²) in [5.41, 5.74) is 7.63. The lowest BCUT2D eigenvalue weighted by Gasteiger charge is -2.26. The van der Waals surface area contributed by atoms with Crippen molar-refractivity contribution in [3.8, 4) is 5.75 Å². The molecule has 11 heteroatoms. The largest absolute Gasteiger partial charge is 0.508 e. The molecule has 2 aromatic carbocycles. The topological polar surface area (TPSA) is 171 Å². The number of benzene rings is 2. The molecule has 0 heterocycles. The standard InChI is InChI=1S/C27H36N4O6S/c1-16(2)12-21(25(34)31-23(15-38)27(36)37)30-26(35)22(14-17-6-4-3-5-7-17)29-24(33)20(28)13-18-8-10-19(32)11-9-18/h3-11,16,20-23,32,38H,12-15,28H2,1-2H3,(H,29,33)(H,30,35)(H,31,34)(H,36,37). The number of carbonyl (C=O) groups is 4. The second-order valence-electron chi connectivity index (χ2n) is 9.50. The van der Waals surface area contributed by atoms with E-state index in [1.165, 1.54) is 12.1 Å². The molecule has 0 saturated heterocycles. The zero-order valence-corrected chi connectivity index (χ0v) is 22.4. The van der Waals surface area contributed by atoms with Gasteiger partial charge in [0.1, 0.15) is 23.9 Å². The molecule has 206 valence electrons. The third kappa shape index (κ3) is 10.1. The van der Waals surface area contributed by atoms with Gasteiger partial charge in [0.25, 0.3) is 0 Å². The lowest BCUT2D eigenvalue weighted by atomic mass is 10.00. The Bertz CT molecular complexity index is 1080. The molecule has 3 amide bonds. The van der Waals surface area contributed by atoms with Gasteiger partial charge in [-0.25, -0.2) is 4.79 Å². The monoisotopic (exact) mass is 544 g/mol. The molecule has 4 atom stereocenters. The fourth-order valence-electron chi connectivity index (χ4n) is 3.75. The van der Waals surface area contributed by atoms with Crippen molar-refractivity contribution in [3.63, 3.8) is 0 Å². The summed E-state index contributed by atoms with van der Waals surface area (Å²) in [6, 6.07) is 11.1. The normalized spacial score (nSPS) is 14.1. The van der Waals surface area contributed by atoms with Crippen molar-refractivity contribution < 1.29 is 29.4 Å². The summed E-state index contributed by atoms with van der Waals surface area (Å²) >= 11 is 3.97. The molecule has 4 unspecified atom stereocenters. The molecule has 0 saturated carbocycles. The Morgan fingerprint density at radius 1 is 0.789 bits per heavy atom. The summed E-state index contributed by atoms with van der Waals surface area (Å²) < 4.78 is 0. The van der Waals surface area contributed by atoms with Gasteiger partial charge in [0.15, 0.2) is 0 Å². The number of aliphatic carboxylic acids is 1. The third-order valence-corrected chi connectivity index (χ3v) is 6.15. The quantitative estimate of drug-likeness (QED) is 0.174. The van der Waals surface area contributed by atoms with Crippen molar-refractivity contribution in [2.75, 3.05) is 5.75 Å². The number of nitrogens with two attached hydrogens (primary N) is 1. The average molecular weight is 545 g/mol. The molecule has 0 aliphatic heterocycles. The first-order valence-electron chi connectivity index (χ1n) is 12.3. The molecule has 0 spiro atoms. The minimum Gasteiger partial charge on any atom is -0.508 e. The number of hydrogen-bond donors (Lipinski definition) is 7. The summed E-state index contributed by atoms with van der Waals surface area (Å²) in [6.45, 7) is 3.73. The highest BCUT2D eigenvalue weighted by molar-refractivity contribution is 7.80. The van der Waals surface area contributed by atoms with Gasteiger partial charge in [-0.3, -0.25) is 14.4 Å². The first kappa shape index (κ1) is 30.7. The number of carbonyl (C=O) groups excluding carboxylic acids is 3. The zero-order chi connectivity index (χ0) is 28.2. The molecule has 0 bridgehead atoms. The van der Waals surface area contributed by atoms with E-state index in [1.54, 1.807) is 24.3 Å². The van der Waals surface area contributed by atoms with Gasteiger partial charge in [0.05, 0.1) is 6.04 Å². The van der Waals surface area contributed by atoms with Crippen LogP contribution in [0.5, 0.6) is 5.75 Å². The van der Waals surface area contributed by atoms with E-state index in [0.717, 1.165) is 11.1 Å². The van der Waals surface area contributed by atoms with Gasteiger partial charge in [-0.1, -0.05) is 56.3 Å². The maximum atomic E-state index is 13.4. The van der Waals surface area contributed by atoms with Crippen LogP contribution in [0.1, 0.15) is 31.4 Å². The fraction of sp³-hybridized carbons (Fsp3) is 0.407. The van der Waals surface area contributed by atoms with Crippen LogP contribution in [-0.2, 0) is 32.0 Å². The number of phenols is 1. The minimum atomic E-state index is -1.24. The number of thiol groups is 1. The molecule has 0 aromatic heterocycles. The Labute approximate surface area is 227 Å². The van der Waals surface area contributed by atoms with Gasteiger partial charge in [0.2, 0.25) is 17.7 Å². The van der Waals surface area contributed by atoms with Crippen molar-refractivity contribution >= 4 is 36.3 Å². The summed E-state index contributed by atoms with van der Waals surface area (Å²) in [6.07, 6.45) is 0.585. The number of hydrogen-bond acceptors (Lipinski definition) is 7. The van der Waals surface area contributed by atoms with E-state index < -0.39 is 47.9 Å². The van der Waals surface area contributed by atoms with Crippen LogP contribution < -0.4 is 21.7 Å². The highest BCUT2D eigenvalue weighted by Gasteiger charge is 2.30. The second-order valence-corrected chi connectivity index (χ2v) is 9.87. The summed E-state index contributed by atoms with van der Waals surface area (Å²) in [5.74, 6) is -3.06. The number of rotatable bonds is 14. The maximum absolute atomic E-state index is 13.4. The smallest absolute Gasteiger partial charge is 0.327 e. The van der Waals surface area contributed by atoms with E-state index in [9.17, 15) is 29.4 Å². The van der Waals surface area contributed by atoms with E-state index in [4.69, 9.17) is 5.73 Å². The average Bonchev–Trinajstić information content (AvgIpc) is 2.87. The Balaban J connectivity index is 2.19. The Hall–Kier alpha value is -3.57. The highest BCUT2D eigenvalue weighted by Crippen LogP contribution is 2.12. The van der Waals surface area contributed by atoms with Crippen LogP contribution in [-0.4, -0.2) is 63.8 Å². The van der Waals surface area contributed by atoms with Gasteiger partial charge in [0, 0.05) is 12.2 Å². The molecule has 2 rings (SSSR count). The fourth-order valence-corrected chi connectivity index (χ4v) is 4.00. The van der Waals surface area contributed by atoms with E-state index in [2.05, 4.69) is 28.6 Å². The van der Waals surface area contributed by atoms with Gasteiger partial charge >= 0.3 is 5.97 Å². The molecule has 0 radical (unpaired) electrons. The number of carboxylic acid groups (broad SMARTS) is 1. The first-order chi connectivity index (χ1) is 18.0. The lowest BCUT2D eigenvalue weighted by molar-refractivity contribution is -0.141. The van der Waals surface area contributed by atoms with Gasteiger partial charge in [-0.2, -0.15) is 12.6 Å². The molecule has 7 N–H and O–H groups in total. The molecule has 0 aliphatic rings. The molecule has 0 aliphatic carbocycles. The Kier molecular flexibility index (Phi) is 12.1. The van der Waals surface area contributed by atoms with Gasteiger partial charge < -0.3 is 31.9 Å². The van der Waals surface area contributed by atoms with E-state index in [0.29, 0.717) is 0 Å². The van der Waals surface area contributed by atoms with Crippen molar-refractivity contribution in [1.82, 2.24) is 16.0 Å². The van der Waals surface area contributed by atoms with Crippen LogP contribution in [0.2, 0.25) is 0 Å². The molecular weight excluding hydrogens is 508 g/mol. The molecule has 38 heavy (non-hydrogen) atoms. The number of nitrogens with one attached hydrogen (secondary N) is 3. The first-order valence-corrected chi connectivity index (χ1v) is 13.0. The predicted octanol–water partition coefficient (Wildman–Crippen LogP) is 1.02. The van der Waals surface area contributed by atoms with Crippen molar-refractivity contribution in [2.45, 2.75) is 57.3 Å². The van der Waals surface area contributed by atoms with E-state index in [1.807, 2.05) is 32.0 Å². The SMILES string of the molecule is CC(C)CC(NC(=O)C(Cc1ccccc1)NC(=O)C(N)Cc1ccc(O)cc1)C(=O)NC(CS)C(=O)O. The minimum absolute atomic E-state index is 0.00576. The number of phenolic OH excluding ortho intramolecular Hbond substituents is 1. The van der Waals surface area contributed by atoms with Gasteiger partial charge in [-0.15, -0.1) is 0 Å². The molecule has 0 fully saturated rings.